The van der Waals surface area contributed by atoms with Crippen molar-refractivity contribution in [2.75, 3.05) is 0 Å². The van der Waals surface area contributed by atoms with Gasteiger partial charge in [0.25, 0.3) is 0 Å². The van der Waals surface area contributed by atoms with E-state index in [1.54, 1.807) is 17.5 Å². The van der Waals surface area contributed by atoms with Crippen LogP contribution in [0.25, 0.3) is 64.8 Å². The van der Waals surface area contributed by atoms with E-state index >= 15 is 0 Å². The fourth-order valence-electron chi connectivity index (χ4n) is 8.23. The molecule has 9 aromatic rings. The molecule has 1 aliphatic carbocycles. The summed E-state index contributed by atoms with van der Waals surface area (Å²) in [6.07, 6.45) is 3.63. The van der Waals surface area contributed by atoms with Crippen LogP contribution in [0.5, 0.6) is 11.5 Å². The highest BCUT2D eigenvalue weighted by atomic mass is 32.1. The molecule has 0 unspecified atom stereocenters. The first-order chi connectivity index (χ1) is 24.3. The standard InChI is InChI=1S/C44H25N3OS/c1-2-12-29-26(10-1)19-22-35-39(29)31-24-27(20-21-32(31)44(35)33-14-4-6-16-36(33)48-37-17-7-5-15-34(37)44)40-42-41(30-13-3-8-18-38(30)49-42)47-43(46-40)28-11-9-23-45-25-28/h1-25H. The second-order valence-corrected chi connectivity index (χ2v) is 13.8. The SMILES string of the molecule is c1cncc(-c2nc(-c3ccc4c(c3)-c3c(ccc5ccccc35)C43c4ccccc4Oc4ccccc43)c3sc4ccccc4c3n2)c1. The summed E-state index contributed by atoms with van der Waals surface area (Å²) >= 11 is 1.75. The second-order valence-electron chi connectivity index (χ2n) is 12.7. The minimum atomic E-state index is -0.544. The fourth-order valence-corrected chi connectivity index (χ4v) is 9.38. The quantitative estimate of drug-likeness (QED) is 0.188. The van der Waals surface area contributed by atoms with E-state index in [4.69, 9.17) is 14.7 Å². The van der Waals surface area contributed by atoms with Gasteiger partial charge in [-0.2, -0.15) is 0 Å². The fraction of sp³-hybridized carbons (Fsp3) is 0.0227. The highest BCUT2D eigenvalue weighted by Gasteiger charge is 2.51. The molecule has 3 aromatic heterocycles. The number of ether oxygens (including phenoxy) is 1. The number of hydrogen-bond acceptors (Lipinski definition) is 5. The van der Waals surface area contributed by atoms with Crippen molar-refractivity contribution in [1.29, 1.82) is 0 Å². The second kappa shape index (κ2) is 9.92. The van der Waals surface area contributed by atoms with E-state index in [-0.39, 0.29) is 0 Å². The van der Waals surface area contributed by atoms with Gasteiger partial charge in [0.2, 0.25) is 0 Å². The van der Waals surface area contributed by atoms with Gasteiger partial charge in [0.15, 0.2) is 5.82 Å². The van der Waals surface area contributed by atoms with Crippen molar-refractivity contribution in [3.8, 4) is 45.3 Å². The Labute approximate surface area is 286 Å². The predicted molar refractivity (Wildman–Crippen MR) is 198 cm³/mol. The van der Waals surface area contributed by atoms with Gasteiger partial charge in [-0.25, -0.2) is 9.97 Å². The van der Waals surface area contributed by atoms with Crippen LogP contribution in [0.2, 0.25) is 0 Å². The Hall–Kier alpha value is -6.17. The van der Waals surface area contributed by atoms with Crippen LogP contribution in [-0.4, -0.2) is 15.0 Å². The maximum absolute atomic E-state index is 6.59. The first kappa shape index (κ1) is 26.9. The molecular weight excluding hydrogens is 619 g/mol. The zero-order chi connectivity index (χ0) is 32.1. The Kier molecular flexibility index (Phi) is 5.44. The third-order valence-electron chi connectivity index (χ3n) is 10.2. The van der Waals surface area contributed by atoms with Gasteiger partial charge >= 0.3 is 0 Å². The molecule has 0 radical (unpaired) electrons. The summed E-state index contributed by atoms with van der Waals surface area (Å²) in [6.45, 7) is 0. The van der Waals surface area contributed by atoms with E-state index < -0.39 is 5.41 Å². The summed E-state index contributed by atoms with van der Waals surface area (Å²) in [5, 5.41) is 3.60. The molecule has 49 heavy (non-hydrogen) atoms. The zero-order valence-corrected chi connectivity index (χ0v) is 26.9. The number of pyridine rings is 1. The summed E-state index contributed by atoms with van der Waals surface area (Å²) in [4.78, 5) is 14.8. The van der Waals surface area contributed by atoms with Crippen molar-refractivity contribution in [3.63, 3.8) is 0 Å². The topological polar surface area (TPSA) is 47.9 Å². The summed E-state index contributed by atoms with van der Waals surface area (Å²) in [5.74, 6) is 2.46. The van der Waals surface area contributed by atoms with Crippen LogP contribution in [0.3, 0.4) is 0 Å². The van der Waals surface area contributed by atoms with Crippen molar-refractivity contribution in [2.45, 2.75) is 5.41 Å². The van der Waals surface area contributed by atoms with Gasteiger partial charge < -0.3 is 4.74 Å². The van der Waals surface area contributed by atoms with Crippen molar-refractivity contribution in [1.82, 2.24) is 15.0 Å². The Balaban J connectivity index is 1.26. The van der Waals surface area contributed by atoms with Gasteiger partial charge in [0, 0.05) is 44.7 Å². The number of benzene rings is 6. The molecule has 0 amide bonds. The molecule has 6 aromatic carbocycles. The van der Waals surface area contributed by atoms with E-state index in [0.29, 0.717) is 5.82 Å². The van der Waals surface area contributed by atoms with Crippen LogP contribution in [0.4, 0.5) is 0 Å². The summed E-state index contributed by atoms with van der Waals surface area (Å²) in [5.41, 5.74) is 10.6. The van der Waals surface area contributed by atoms with Crippen LogP contribution in [0.1, 0.15) is 22.3 Å². The Bertz CT molecular complexity index is 2780. The van der Waals surface area contributed by atoms with Crippen LogP contribution < -0.4 is 4.74 Å². The summed E-state index contributed by atoms with van der Waals surface area (Å²) in [6, 6.07) is 49.8. The van der Waals surface area contributed by atoms with E-state index in [0.717, 1.165) is 55.0 Å². The molecule has 1 spiro atoms. The van der Waals surface area contributed by atoms with Gasteiger partial charge in [-0.05, 0) is 69.4 Å². The number of thiophene rings is 1. The van der Waals surface area contributed by atoms with Crippen molar-refractivity contribution in [2.24, 2.45) is 0 Å². The van der Waals surface area contributed by atoms with Gasteiger partial charge in [0.05, 0.1) is 21.3 Å². The molecule has 4 heterocycles. The number of rotatable bonds is 2. The first-order valence-electron chi connectivity index (χ1n) is 16.4. The van der Waals surface area contributed by atoms with Gasteiger partial charge in [0.1, 0.15) is 11.5 Å². The van der Waals surface area contributed by atoms with Gasteiger partial charge in [-0.3, -0.25) is 4.98 Å². The molecule has 11 rings (SSSR count). The van der Waals surface area contributed by atoms with Gasteiger partial charge in [-0.15, -0.1) is 11.3 Å². The number of aromatic nitrogens is 3. The Morgan fingerprint density at radius 3 is 2.12 bits per heavy atom. The van der Waals surface area contributed by atoms with E-state index in [2.05, 4.69) is 132 Å². The molecule has 2 aliphatic rings. The third-order valence-corrected chi connectivity index (χ3v) is 11.4. The largest absolute Gasteiger partial charge is 0.457 e. The van der Waals surface area contributed by atoms with Crippen LogP contribution >= 0.6 is 11.3 Å². The van der Waals surface area contributed by atoms with Crippen LogP contribution in [0, 0.1) is 0 Å². The normalized spacial score (nSPS) is 13.6. The molecule has 0 fully saturated rings. The minimum absolute atomic E-state index is 0.544. The average molecular weight is 644 g/mol. The molecular formula is C44H25N3OS. The predicted octanol–water partition coefficient (Wildman–Crippen LogP) is 11.2. The molecule has 0 N–H and O–H groups in total. The van der Waals surface area contributed by atoms with E-state index in [1.165, 1.54) is 37.7 Å². The molecule has 0 saturated carbocycles. The lowest BCUT2D eigenvalue weighted by molar-refractivity contribution is 0.436. The maximum Gasteiger partial charge on any atom is 0.162 e. The van der Waals surface area contributed by atoms with E-state index in [1.807, 2.05) is 18.3 Å². The lowest BCUT2D eigenvalue weighted by Crippen LogP contribution is -2.32. The lowest BCUT2D eigenvalue weighted by atomic mass is 9.66. The molecule has 5 heteroatoms. The molecule has 0 saturated heterocycles. The summed E-state index contributed by atoms with van der Waals surface area (Å²) in [7, 11) is 0. The van der Waals surface area contributed by atoms with Crippen molar-refractivity contribution < 1.29 is 4.74 Å². The highest BCUT2D eigenvalue weighted by Crippen LogP contribution is 2.63. The molecule has 1 aliphatic heterocycles. The maximum atomic E-state index is 6.59. The molecule has 0 bridgehead atoms. The Morgan fingerprint density at radius 1 is 0.571 bits per heavy atom. The third kappa shape index (κ3) is 3.60. The van der Waals surface area contributed by atoms with Crippen molar-refractivity contribution >= 4 is 42.4 Å². The first-order valence-corrected chi connectivity index (χ1v) is 17.2. The molecule has 4 nitrogen and oxygen atoms in total. The molecule has 228 valence electrons. The monoisotopic (exact) mass is 643 g/mol. The summed E-state index contributed by atoms with van der Waals surface area (Å²) < 4.78 is 8.87. The molecule has 0 atom stereocenters. The minimum Gasteiger partial charge on any atom is -0.457 e. The smallest absolute Gasteiger partial charge is 0.162 e. The number of para-hydroxylation sites is 2. The number of nitrogens with zero attached hydrogens (tertiary/aromatic N) is 3. The zero-order valence-electron chi connectivity index (χ0n) is 26.1. The van der Waals surface area contributed by atoms with E-state index in [9.17, 15) is 0 Å². The number of hydrogen-bond donors (Lipinski definition) is 0. The van der Waals surface area contributed by atoms with Crippen LogP contribution in [0.15, 0.2) is 152 Å². The average Bonchev–Trinajstić information content (AvgIpc) is 3.69. The van der Waals surface area contributed by atoms with Crippen molar-refractivity contribution in [3.05, 3.63) is 174 Å². The number of fused-ring (bicyclic) bond motifs is 14. The lowest BCUT2D eigenvalue weighted by Gasteiger charge is -2.39. The highest BCUT2D eigenvalue weighted by molar-refractivity contribution is 7.26. The van der Waals surface area contributed by atoms with Gasteiger partial charge in [-0.1, -0.05) is 103 Å². The van der Waals surface area contributed by atoms with Crippen LogP contribution in [-0.2, 0) is 5.41 Å². The Morgan fingerprint density at radius 2 is 1.31 bits per heavy atom.